The molecular weight excluding hydrogens is 576 g/mol. The molecule has 0 aromatic heterocycles. The molecule has 0 aromatic rings. The number of carboxylic acid groups (broad SMARTS) is 3. The summed E-state index contributed by atoms with van der Waals surface area (Å²) in [6.45, 7) is 3.96. The molecule has 0 aliphatic rings. The molecule has 238 valence electrons. The summed E-state index contributed by atoms with van der Waals surface area (Å²) in [5.41, 5.74) is 5.17. The molecule has 18 heteroatoms. The molecule has 0 aliphatic heterocycles. The van der Waals surface area contributed by atoms with Gasteiger partial charge in [0.15, 0.2) is 0 Å². The van der Waals surface area contributed by atoms with Gasteiger partial charge in [-0.1, -0.05) is 13.8 Å². The second kappa shape index (κ2) is 18.3. The molecule has 43 heavy (non-hydrogen) atoms. The lowest BCUT2D eigenvalue weighted by Gasteiger charge is -2.28. The van der Waals surface area contributed by atoms with Gasteiger partial charge in [0.25, 0.3) is 0 Å². The summed E-state index contributed by atoms with van der Waals surface area (Å²) in [7, 11) is 0. The second-order valence-corrected chi connectivity index (χ2v) is 9.61. The van der Waals surface area contributed by atoms with Crippen LogP contribution in [0.3, 0.4) is 0 Å². The summed E-state index contributed by atoms with van der Waals surface area (Å²) in [4.78, 5) is 108. The highest BCUT2D eigenvalue weighted by molar-refractivity contribution is 5.97. The Balaban J connectivity index is 6.00. The molecule has 0 aliphatic carbocycles. The molecule has 0 saturated heterocycles. The van der Waals surface area contributed by atoms with Gasteiger partial charge in [-0.05, 0) is 12.3 Å². The molecule has 6 amide bonds. The van der Waals surface area contributed by atoms with Gasteiger partial charge in [-0.3, -0.25) is 43.2 Å². The number of carbonyl (C=O) groups excluding carboxylic acids is 6. The summed E-state index contributed by atoms with van der Waals surface area (Å²) in [6, 6.07) is -7.83. The Hall–Kier alpha value is -5.21. The largest absolute Gasteiger partial charge is 0.481 e. The Bertz CT molecular complexity index is 1130. The minimum atomic E-state index is -1.75. The highest BCUT2D eigenvalue weighted by Gasteiger charge is 2.34. The van der Waals surface area contributed by atoms with E-state index < -0.39 is 115 Å². The van der Waals surface area contributed by atoms with Gasteiger partial charge in [0.1, 0.15) is 30.2 Å². The Kier molecular flexibility index (Phi) is 16.1. The first-order chi connectivity index (χ1) is 19.9. The number of primary amides is 1. The van der Waals surface area contributed by atoms with Crippen LogP contribution in [0.1, 0.15) is 52.9 Å². The lowest BCUT2D eigenvalue weighted by molar-refractivity contribution is -0.142. The summed E-state index contributed by atoms with van der Waals surface area (Å²) in [5.74, 6) is -9.07. The predicted octanol–water partition coefficient (Wildman–Crippen LogP) is -3.59. The Morgan fingerprint density at radius 1 is 0.674 bits per heavy atom. The average Bonchev–Trinajstić information content (AvgIpc) is 2.86. The number of terminal acetylenes is 1. The van der Waals surface area contributed by atoms with Gasteiger partial charge < -0.3 is 47.6 Å². The van der Waals surface area contributed by atoms with E-state index in [1.807, 2.05) is 0 Å². The van der Waals surface area contributed by atoms with Crippen molar-refractivity contribution in [2.75, 3.05) is 0 Å². The van der Waals surface area contributed by atoms with Crippen LogP contribution < -0.4 is 32.3 Å². The second-order valence-electron chi connectivity index (χ2n) is 9.61. The van der Waals surface area contributed by atoms with Crippen LogP contribution >= 0.6 is 0 Å². The minimum Gasteiger partial charge on any atom is -0.481 e. The molecule has 0 fully saturated rings. The number of hydrogen-bond donors (Lipinski definition) is 9. The molecule has 5 atom stereocenters. The first-order valence-electron chi connectivity index (χ1n) is 12.8. The van der Waals surface area contributed by atoms with Crippen LogP contribution in [-0.2, 0) is 43.2 Å². The van der Waals surface area contributed by atoms with Crippen LogP contribution in [-0.4, -0.2) is 98.9 Å². The van der Waals surface area contributed by atoms with Crippen molar-refractivity contribution < 1.29 is 58.5 Å². The molecule has 0 rings (SSSR count). The molecular formula is C25H36N6O12. The fourth-order valence-electron chi connectivity index (χ4n) is 3.49. The molecule has 0 unspecified atom stereocenters. The molecule has 10 N–H and O–H groups in total. The molecule has 0 aromatic carbocycles. The fraction of sp³-hybridized carbons (Fsp3) is 0.560. The summed E-state index contributed by atoms with van der Waals surface area (Å²) in [5, 5.41) is 38.2. The van der Waals surface area contributed by atoms with E-state index in [4.69, 9.17) is 22.4 Å². The van der Waals surface area contributed by atoms with Crippen LogP contribution in [0.4, 0.5) is 0 Å². The fourth-order valence-corrected chi connectivity index (χ4v) is 3.49. The average molecular weight is 613 g/mol. The predicted molar refractivity (Wildman–Crippen MR) is 144 cm³/mol. The zero-order valence-corrected chi connectivity index (χ0v) is 23.7. The van der Waals surface area contributed by atoms with Gasteiger partial charge in [0.2, 0.25) is 35.4 Å². The number of carbonyl (C=O) groups is 9. The summed E-state index contributed by atoms with van der Waals surface area (Å²) >= 11 is 0. The SMILES string of the molecule is C#CC[C@H](NC(=O)[C@H](CC(=O)O)NC(=O)[C@@H](NC(=O)[C@H](CCC(=O)O)NC(=O)[C@H](CC(=O)O)NC(C)=O)C(C)C)C(N)=O. The van der Waals surface area contributed by atoms with E-state index in [1.54, 1.807) is 0 Å². The maximum Gasteiger partial charge on any atom is 0.305 e. The minimum absolute atomic E-state index is 0.321. The Labute approximate surface area is 245 Å². The zero-order valence-electron chi connectivity index (χ0n) is 23.7. The number of amides is 6. The van der Waals surface area contributed by atoms with Crippen molar-refractivity contribution in [3.8, 4) is 12.3 Å². The standard InChI is InChI=1S/C25H36N6O12/c1-5-6-13(21(26)39)28-24(42)16(10-19(37)38)30-25(43)20(11(2)3)31-22(40)14(7-8-17(33)34)29-23(41)15(9-18(35)36)27-12(4)32/h1,11,13-16,20H,6-10H2,2-4H3,(H2,26,39)(H,27,32)(H,28,42)(H,29,41)(H,30,43)(H,31,40)(H,33,34)(H,35,36)(H,37,38)/t13-,14-,15-,16-,20-/m0/s1. The van der Waals surface area contributed by atoms with E-state index in [-0.39, 0.29) is 6.42 Å². The van der Waals surface area contributed by atoms with Gasteiger partial charge >= 0.3 is 17.9 Å². The Morgan fingerprint density at radius 3 is 1.51 bits per heavy atom. The van der Waals surface area contributed by atoms with Gasteiger partial charge in [-0.25, -0.2) is 0 Å². The maximum absolute atomic E-state index is 13.1. The number of rotatable bonds is 19. The lowest BCUT2D eigenvalue weighted by Crippen LogP contribution is -2.60. The normalized spacial score (nSPS) is 13.9. The van der Waals surface area contributed by atoms with Crippen molar-refractivity contribution in [3.63, 3.8) is 0 Å². The van der Waals surface area contributed by atoms with Crippen molar-refractivity contribution in [2.24, 2.45) is 11.7 Å². The molecule has 0 spiro atoms. The van der Waals surface area contributed by atoms with Gasteiger partial charge in [-0.15, -0.1) is 12.3 Å². The Morgan fingerprint density at radius 2 is 1.12 bits per heavy atom. The number of nitrogens with two attached hydrogens (primary N) is 1. The molecule has 18 nitrogen and oxygen atoms in total. The first kappa shape index (κ1) is 37.8. The topological polar surface area (TPSA) is 300 Å². The highest BCUT2D eigenvalue weighted by atomic mass is 16.4. The smallest absolute Gasteiger partial charge is 0.305 e. The molecule has 0 heterocycles. The third-order valence-electron chi connectivity index (χ3n) is 5.59. The molecule has 0 radical (unpaired) electrons. The van der Waals surface area contributed by atoms with E-state index in [2.05, 4.69) is 32.5 Å². The van der Waals surface area contributed by atoms with Crippen molar-refractivity contribution in [3.05, 3.63) is 0 Å². The van der Waals surface area contributed by atoms with Crippen molar-refractivity contribution in [1.82, 2.24) is 26.6 Å². The van der Waals surface area contributed by atoms with E-state index in [0.29, 0.717) is 0 Å². The zero-order chi connectivity index (χ0) is 33.4. The van der Waals surface area contributed by atoms with E-state index >= 15 is 0 Å². The molecule has 0 bridgehead atoms. The number of hydrogen-bond acceptors (Lipinski definition) is 9. The van der Waals surface area contributed by atoms with Gasteiger partial charge in [-0.2, -0.15) is 0 Å². The summed E-state index contributed by atoms with van der Waals surface area (Å²) < 4.78 is 0. The number of carboxylic acids is 3. The van der Waals surface area contributed by atoms with Gasteiger partial charge in [0.05, 0.1) is 12.8 Å². The number of aliphatic carboxylic acids is 3. The number of nitrogens with one attached hydrogen (secondary N) is 5. The quantitative estimate of drug-likeness (QED) is 0.0640. The third-order valence-corrected chi connectivity index (χ3v) is 5.59. The van der Waals surface area contributed by atoms with Crippen molar-refractivity contribution >= 4 is 53.4 Å². The van der Waals surface area contributed by atoms with Gasteiger partial charge in [0, 0.05) is 19.8 Å². The molecule has 0 saturated carbocycles. The van der Waals surface area contributed by atoms with E-state index in [0.717, 1.165) is 6.92 Å². The van der Waals surface area contributed by atoms with E-state index in [1.165, 1.54) is 13.8 Å². The van der Waals surface area contributed by atoms with Crippen LogP contribution in [0, 0.1) is 18.3 Å². The van der Waals surface area contributed by atoms with Crippen LogP contribution in [0.15, 0.2) is 0 Å². The first-order valence-corrected chi connectivity index (χ1v) is 12.8. The maximum atomic E-state index is 13.1. The monoisotopic (exact) mass is 612 g/mol. The third kappa shape index (κ3) is 14.8. The van der Waals surface area contributed by atoms with Crippen LogP contribution in [0.25, 0.3) is 0 Å². The van der Waals surface area contributed by atoms with Crippen LogP contribution in [0.2, 0.25) is 0 Å². The summed E-state index contributed by atoms with van der Waals surface area (Å²) in [6.07, 6.45) is 1.87. The van der Waals surface area contributed by atoms with E-state index in [9.17, 15) is 48.3 Å². The van der Waals surface area contributed by atoms with Crippen LogP contribution in [0.5, 0.6) is 0 Å². The highest BCUT2D eigenvalue weighted by Crippen LogP contribution is 2.08. The lowest BCUT2D eigenvalue weighted by atomic mass is 10.0. The van der Waals surface area contributed by atoms with Crippen molar-refractivity contribution in [1.29, 1.82) is 0 Å². The van der Waals surface area contributed by atoms with Crippen molar-refractivity contribution in [2.45, 2.75) is 83.1 Å².